The molecule has 0 fully saturated rings. The van der Waals surface area contributed by atoms with Crippen LogP contribution in [0, 0.1) is 6.92 Å². The normalized spacial score (nSPS) is 13.1. The van der Waals surface area contributed by atoms with E-state index in [-0.39, 0.29) is 27.1 Å². The van der Waals surface area contributed by atoms with E-state index in [4.69, 9.17) is 21.5 Å². The number of carbonyl (C=O) groups excluding carboxylic acids is 1. The van der Waals surface area contributed by atoms with Gasteiger partial charge in [0.2, 0.25) is 10.0 Å². The molecule has 7 heteroatoms. The molecule has 0 heterocycles. The summed E-state index contributed by atoms with van der Waals surface area (Å²) < 4.78 is 28.0. The second-order valence-electron chi connectivity index (χ2n) is 4.25. The lowest BCUT2D eigenvalue weighted by Crippen LogP contribution is -2.18. The number of hydrogen-bond acceptors (Lipinski definition) is 4. The van der Waals surface area contributed by atoms with Crippen LogP contribution in [0.1, 0.15) is 36.2 Å². The summed E-state index contributed by atoms with van der Waals surface area (Å²) in [6.07, 6.45) is 0.400. The SMILES string of the molecule is CCC(C)OC(=O)c1cc(Cl)cc(S(N)(=O)=O)c1C. The van der Waals surface area contributed by atoms with E-state index in [1.807, 2.05) is 6.92 Å². The highest BCUT2D eigenvalue weighted by molar-refractivity contribution is 7.89. The number of benzene rings is 1. The molecule has 1 aromatic carbocycles. The van der Waals surface area contributed by atoms with Crippen molar-refractivity contribution in [3.05, 3.63) is 28.3 Å². The van der Waals surface area contributed by atoms with Crippen LogP contribution in [0.3, 0.4) is 0 Å². The largest absolute Gasteiger partial charge is 0.459 e. The third-order valence-electron chi connectivity index (χ3n) is 2.73. The van der Waals surface area contributed by atoms with Crippen molar-refractivity contribution in [2.75, 3.05) is 0 Å². The number of ether oxygens (including phenoxy) is 1. The van der Waals surface area contributed by atoms with Crippen LogP contribution in [-0.4, -0.2) is 20.5 Å². The number of nitrogens with two attached hydrogens (primary N) is 1. The highest BCUT2D eigenvalue weighted by atomic mass is 35.5. The van der Waals surface area contributed by atoms with E-state index in [1.54, 1.807) is 6.92 Å². The van der Waals surface area contributed by atoms with E-state index in [9.17, 15) is 13.2 Å². The van der Waals surface area contributed by atoms with Gasteiger partial charge < -0.3 is 4.74 Å². The van der Waals surface area contributed by atoms with Gasteiger partial charge in [0.1, 0.15) is 0 Å². The van der Waals surface area contributed by atoms with E-state index < -0.39 is 16.0 Å². The lowest BCUT2D eigenvalue weighted by Gasteiger charge is -2.14. The summed E-state index contributed by atoms with van der Waals surface area (Å²) in [5.41, 5.74) is 0.344. The molecule has 1 unspecified atom stereocenters. The predicted octanol–water partition coefficient (Wildman–Crippen LogP) is 2.25. The first-order valence-electron chi connectivity index (χ1n) is 5.70. The lowest BCUT2D eigenvalue weighted by molar-refractivity contribution is 0.0333. The molecule has 0 aliphatic rings. The van der Waals surface area contributed by atoms with Gasteiger partial charge in [0, 0.05) is 5.02 Å². The van der Waals surface area contributed by atoms with Crippen LogP contribution in [0.2, 0.25) is 5.02 Å². The highest BCUT2D eigenvalue weighted by Gasteiger charge is 2.21. The van der Waals surface area contributed by atoms with Crippen molar-refractivity contribution in [3.8, 4) is 0 Å². The molecule has 0 aliphatic carbocycles. The molecule has 106 valence electrons. The van der Waals surface area contributed by atoms with Crippen LogP contribution in [0.25, 0.3) is 0 Å². The quantitative estimate of drug-likeness (QED) is 0.864. The van der Waals surface area contributed by atoms with Crippen molar-refractivity contribution in [2.45, 2.75) is 38.2 Å². The molecular weight excluding hydrogens is 290 g/mol. The molecule has 0 saturated carbocycles. The number of rotatable bonds is 4. The fraction of sp³-hybridized carbons (Fsp3) is 0.417. The minimum Gasteiger partial charge on any atom is -0.459 e. The van der Waals surface area contributed by atoms with E-state index in [0.717, 1.165) is 0 Å². The Kier molecular flexibility index (Phi) is 4.95. The Labute approximate surface area is 117 Å². The Hall–Kier alpha value is -1.11. The maximum absolute atomic E-state index is 11.9. The van der Waals surface area contributed by atoms with E-state index in [0.29, 0.717) is 6.42 Å². The van der Waals surface area contributed by atoms with Gasteiger partial charge in [0.25, 0.3) is 0 Å². The fourth-order valence-corrected chi connectivity index (χ4v) is 2.60. The maximum Gasteiger partial charge on any atom is 0.338 e. The second kappa shape index (κ2) is 5.90. The molecular formula is C12H16ClNO4S. The van der Waals surface area contributed by atoms with Crippen LogP contribution < -0.4 is 5.14 Å². The third-order valence-corrected chi connectivity index (χ3v) is 3.99. The zero-order valence-electron chi connectivity index (χ0n) is 10.9. The number of carbonyl (C=O) groups is 1. The average Bonchev–Trinajstić information content (AvgIpc) is 2.29. The Morgan fingerprint density at radius 1 is 1.47 bits per heavy atom. The van der Waals surface area contributed by atoms with Crippen molar-refractivity contribution >= 4 is 27.6 Å². The zero-order valence-corrected chi connectivity index (χ0v) is 12.5. The van der Waals surface area contributed by atoms with Gasteiger partial charge >= 0.3 is 5.97 Å². The summed E-state index contributed by atoms with van der Waals surface area (Å²) in [4.78, 5) is 11.8. The van der Waals surface area contributed by atoms with Crippen molar-refractivity contribution in [3.63, 3.8) is 0 Å². The Balaban J connectivity index is 3.30. The molecule has 0 aliphatic heterocycles. The van der Waals surface area contributed by atoms with E-state index >= 15 is 0 Å². The molecule has 0 radical (unpaired) electrons. The minimum absolute atomic E-state index is 0.108. The first kappa shape index (κ1) is 15.9. The van der Waals surface area contributed by atoms with Gasteiger partial charge in [-0.2, -0.15) is 0 Å². The molecule has 0 saturated heterocycles. The number of primary sulfonamides is 1. The zero-order chi connectivity index (χ0) is 14.8. The van der Waals surface area contributed by atoms with E-state index in [1.165, 1.54) is 19.1 Å². The number of sulfonamides is 1. The molecule has 0 spiro atoms. The van der Waals surface area contributed by atoms with Crippen LogP contribution >= 0.6 is 11.6 Å². The summed E-state index contributed by atoms with van der Waals surface area (Å²) in [7, 11) is -3.94. The molecule has 1 atom stereocenters. The Morgan fingerprint density at radius 2 is 2.05 bits per heavy atom. The van der Waals surface area contributed by atoms with E-state index in [2.05, 4.69) is 0 Å². The lowest BCUT2D eigenvalue weighted by atomic mass is 10.1. The standard InChI is InChI=1S/C12H16ClNO4S/c1-4-7(2)18-12(15)10-5-9(13)6-11(8(10)3)19(14,16)17/h5-7H,4H2,1-3H3,(H2,14,16,17). The average molecular weight is 306 g/mol. The van der Waals surface area contributed by atoms with Crippen LogP contribution in [0.4, 0.5) is 0 Å². The monoisotopic (exact) mass is 305 g/mol. The minimum atomic E-state index is -3.94. The molecule has 1 rings (SSSR count). The van der Waals surface area contributed by atoms with Crippen molar-refractivity contribution in [1.82, 2.24) is 0 Å². The summed E-state index contributed by atoms with van der Waals surface area (Å²) in [6, 6.07) is 2.59. The van der Waals surface area contributed by atoms with Gasteiger partial charge in [-0.25, -0.2) is 18.4 Å². The van der Waals surface area contributed by atoms with Gasteiger partial charge in [-0.3, -0.25) is 0 Å². The number of halogens is 1. The summed E-state index contributed by atoms with van der Waals surface area (Å²) in [5.74, 6) is -0.612. The molecule has 19 heavy (non-hydrogen) atoms. The highest BCUT2D eigenvalue weighted by Crippen LogP contribution is 2.24. The van der Waals surface area contributed by atoms with Gasteiger partial charge in [-0.05, 0) is 38.0 Å². The molecule has 0 amide bonds. The second-order valence-corrected chi connectivity index (χ2v) is 6.21. The summed E-state index contributed by atoms with van der Waals surface area (Å²) in [6.45, 7) is 5.11. The van der Waals surface area contributed by atoms with Crippen LogP contribution in [0.5, 0.6) is 0 Å². The molecule has 0 bridgehead atoms. The topological polar surface area (TPSA) is 86.5 Å². The first-order chi connectivity index (χ1) is 8.66. The van der Waals surface area contributed by atoms with Gasteiger partial charge in [0.05, 0.1) is 16.6 Å². The maximum atomic E-state index is 11.9. The van der Waals surface area contributed by atoms with Crippen molar-refractivity contribution in [2.24, 2.45) is 5.14 Å². The Bertz CT molecular complexity index is 598. The van der Waals surface area contributed by atoms with Gasteiger partial charge in [-0.1, -0.05) is 18.5 Å². The van der Waals surface area contributed by atoms with Crippen LogP contribution in [0.15, 0.2) is 17.0 Å². The number of hydrogen-bond donors (Lipinski definition) is 1. The summed E-state index contributed by atoms with van der Waals surface area (Å²) in [5, 5.41) is 5.20. The van der Waals surface area contributed by atoms with Crippen molar-refractivity contribution < 1.29 is 17.9 Å². The fourth-order valence-electron chi connectivity index (χ4n) is 1.49. The molecule has 2 N–H and O–H groups in total. The Morgan fingerprint density at radius 3 is 2.53 bits per heavy atom. The third kappa shape index (κ3) is 3.92. The van der Waals surface area contributed by atoms with Crippen molar-refractivity contribution in [1.29, 1.82) is 0 Å². The first-order valence-corrected chi connectivity index (χ1v) is 7.63. The van der Waals surface area contributed by atoms with Gasteiger partial charge in [0.15, 0.2) is 0 Å². The molecule has 1 aromatic rings. The van der Waals surface area contributed by atoms with Crippen LogP contribution in [-0.2, 0) is 14.8 Å². The summed E-state index contributed by atoms with van der Waals surface area (Å²) >= 11 is 5.81. The molecule has 5 nitrogen and oxygen atoms in total. The van der Waals surface area contributed by atoms with Gasteiger partial charge in [-0.15, -0.1) is 0 Å². The number of esters is 1. The smallest absolute Gasteiger partial charge is 0.338 e. The molecule has 0 aromatic heterocycles. The predicted molar refractivity (Wildman–Crippen MR) is 72.7 cm³/mol.